The average Bonchev–Trinajstić information content (AvgIpc) is 2.48. The molecule has 2 atom stereocenters. The number of carbonyl (C=O) groups is 2. The van der Waals surface area contributed by atoms with Crippen LogP contribution < -0.4 is 5.32 Å². The molecule has 0 bridgehead atoms. The molecular formula is C16H19NO3. The van der Waals surface area contributed by atoms with Crippen LogP contribution in [0.4, 0.5) is 5.69 Å². The molecule has 0 saturated heterocycles. The van der Waals surface area contributed by atoms with Crippen molar-refractivity contribution < 1.29 is 14.7 Å². The van der Waals surface area contributed by atoms with Gasteiger partial charge in [0.2, 0.25) is 5.91 Å². The third kappa shape index (κ3) is 3.26. The third-order valence-electron chi connectivity index (χ3n) is 3.72. The molecule has 1 aliphatic rings. The number of amides is 1. The minimum absolute atomic E-state index is 0.217. The van der Waals surface area contributed by atoms with Gasteiger partial charge in [0.05, 0.1) is 11.8 Å². The van der Waals surface area contributed by atoms with Gasteiger partial charge in [-0.05, 0) is 37.0 Å². The summed E-state index contributed by atoms with van der Waals surface area (Å²) in [5, 5.41) is 12.0. The molecule has 0 fully saturated rings. The lowest BCUT2D eigenvalue weighted by atomic mass is 9.82. The quantitative estimate of drug-likeness (QED) is 0.829. The van der Waals surface area contributed by atoms with Crippen LogP contribution in [0.3, 0.4) is 0 Å². The van der Waals surface area contributed by atoms with Crippen LogP contribution in [0.5, 0.6) is 0 Å². The molecule has 0 heterocycles. The van der Waals surface area contributed by atoms with E-state index in [1.807, 2.05) is 36.4 Å². The number of carboxylic acids is 1. The Morgan fingerprint density at radius 1 is 1.15 bits per heavy atom. The molecule has 1 amide bonds. The minimum atomic E-state index is -0.907. The molecule has 0 aliphatic heterocycles. The van der Waals surface area contributed by atoms with E-state index in [4.69, 9.17) is 0 Å². The van der Waals surface area contributed by atoms with Crippen LogP contribution in [0.15, 0.2) is 36.4 Å². The lowest BCUT2D eigenvalue weighted by Gasteiger charge is -2.24. The first-order chi connectivity index (χ1) is 9.61. The first kappa shape index (κ1) is 14.3. The van der Waals surface area contributed by atoms with E-state index in [0.717, 1.165) is 6.42 Å². The van der Waals surface area contributed by atoms with Gasteiger partial charge in [-0.3, -0.25) is 9.59 Å². The van der Waals surface area contributed by atoms with Gasteiger partial charge in [-0.25, -0.2) is 0 Å². The van der Waals surface area contributed by atoms with Crippen LogP contribution in [0.25, 0.3) is 0 Å². The van der Waals surface area contributed by atoms with Crippen molar-refractivity contribution in [3.63, 3.8) is 0 Å². The molecule has 106 valence electrons. The maximum atomic E-state index is 12.2. The molecule has 2 rings (SSSR count). The van der Waals surface area contributed by atoms with Gasteiger partial charge < -0.3 is 10.4 Å². The molecule has 20 heavy (non-hydrogen) atoms. The number of anilines is 1. The largest absolute Gasteiger partial charge is 0.481 e. The van der Waals surface area contributed by atoms with Gasteiger partial charge in [-0.2, -0.15) is 0 Å². The fourth-order valence-corrected chi connectivity index (χ4v) is 2.44. The van der Waals surface area contributed by atoms with Gasteiger partial charge in [0.25, 0.3) is 0 Å². The van der Waals surface area contributed by atoms with Crippen molar-refractivity contribution in [1.82, 2.24) is 0 Å². The lowest BCUT2D eigenvalue weighted by molar-refractivity contribution is -0.146. The van der Waals surface area contributed by atoms with E-state index < -0.39 is 17.8 Å². The second kappa shape index (κ2) is 6.37. The number of benzene rings is 1. The first-order valence-corrected chi connectivity index (χ1v) is 6.89. The second-order valence-electron chi connectivity index (χ2n) is 5.03. The zero-order chi connectivity index (χ0) is 14.5. The number of carboxylic acid groups (broad SMARTS) is 1. The van der Waals surface area contributed by atoms with Crippen LogP contribution >= 0.6 is 0 Å². The summed E-state index contributed by atoms with van der Waals surface area (Å²) < 4.78 is 0. The molecule has 4 nitrogen and oxygen atoms in total. The standard InChI is InChI=1S/C16H19NO3/c1-2-11-7-9-12(10-8-11)17-15(18)13-5-3-4-6-14(13)16(19)20/h3-4,7-10,13-14H,2,5-6H2,1H3,(H,17,18)(H,19,20)/t13-,14+/m0/s1. The van der Waals surface area contributed by atoms with Crippen LogP contribution in [-0.2, 0) is 16.0 Å². The molecule has 0 unspecified atom stereocenters. The molecule has 0 aromatic heterocycles. The molecule has 2 N–H and O–H groups in total. The van der Waals surface area contributed by atoms with Crippen molar-refractivity contribution in [2.75, 3.05) is 5.32 Å². The summed E-state index contributed by atoms with van der Waals surface area (Å²) in [5.74, 6) is -2.25. The van der Waals surface area contributed by atoms with E-state index in [1.165, 1.54) is 5.56 Å². The zero-order valence-corrected chi connectivity index (χ0v) is 11.5. The van der Waals surface area contributed by atoms with Gasteiger partial charge in [0, 0.05) is 5.69 Å². The summed E-state index contributed by atoms with van der Waals surface area (Å²) in [6.45, 7) is 2.07. The minimum Gasteiger partial charge on any atom is -0.481 e. The Kier molecular flexibility index (Phi) is 4.56. The molecule has 0 saturated carbocycles. The fourth-order valence-electron chi connectivity index (χ4n) is 2.44. The Hall–Kier alpha value is -2.10. The predicted octanol–water partition coefficient (Wildman–Crippen LogP) is 2.85. The van der Waals surface area contributed by atoms with Crippen LogP contribution in [0, 0.1) is 11.8 Å². The third-order valence-corrected chi connectivity index (χ3v) is 3.72. The molecule has 0 spiro atoms. The average molecular weight is 273 g/mol. The van der Waals surface area contributed by atoms with Crippen molar-refractivity contribution >= 4 is 17.6 Å². The summed E-state index contributed by atoms with van der Waals surface area (Å²) >= 11 is 0. The van der Waals surface area contributed by atoms with Crippen molar-refractivity contribution in [3.05, 3.63) is 42.0 Å². The van der Waals surface area contributed by atoms with E-state index in [-0.39, 0.29) is 5.91 Å². The Labute approximate surface area is 118 Å². The second-order valence-corrected chi connectivity index (χ2v) is 5.03. The van der Waals surface area contributed by atoms with Crippen LogP contribution in [-0.4, -0.2) is 17.0 Å². The van der Waals surface area contributed by atoms with E-state index in [1.54, 1.807) is 0 Å². The van der Waals surface area contributed by atoms with Crippen molar-refractivity contribution in [2.45, 2.75) is 26.2 Å². The summed E-state index contributed by atoms with van der Waals surface area (Å²) in [6.07, 6.45) is 5.56. The number of aliphatic carboxylic acids is 1. The Bertz CT molecular complexity index is 519. The van der Waals surface area contributed by atoms with E-state index in [0.29, 0.717) is 18.5 Å². The molecule has 1 aromatic rings. The summed E-state index contributed by atoms with van der Waals surface area (Å²) in [4.78, 5) is 23.4. The maximum Gasteiger partial charge on any atom is 0.307 e. The van der Waals surface area contributed by atoms with Gasteiger partial charge in [0.1, 0.15) is 0 Å². The summed E-state index contributed by atoms with van der Waals surface area (Å²) in [5.41, 5.74) is 1.91. The molecular weight excluding hydrogens is 254 g/mol. The van der Waals surface area contributed by atoms with E-state index in [9.17, 15) is 14.7 Å². The number of allylic oxidation sites excluding steroid dienone is 2. The molecule has 4 heteroatoms. The van der Waals surface area contributed by atoms with Gasteiger partial charge in [-0.15, -0.1) is 0 Å². The first-order valence-electron chi connectivity index (χ1n) is 6.89. The van der Waals surface area contributed by atoms with E-state index in [2.05, 4.69) is 12.2 Å². The maximum absolute atomic E-state index is 12.2. The van der Waals surface area contributed by atoms with Gasteiger partial charge in [0.15, 0.2) is 0 Å². The Balaban J connectivity index is 2.06. The number of hydrogen-bond acceptors (Lipinski definition) is 2. The number of carbonyl (C=O) groups excluding carboxylic acids is 1. The highest BCUT2D eigenvalue weighted by Crippen LogP contribution is 2.27. The lowest BCUT2D eigenvalue weighted by Crippen LogP contribution is -2.34. The van der Waals surface area contributed by atoms with E-state index >= 15 is 0 Å². The van der Waals surface area contributed by atoms with Crippen LogP contribution in [0.1, 0.15) is 25.3 Å². The molecule has 0 radical (unpaired) electrons. The number of hydrogen-bond donors (Lipinski definition) is 2. The Morgan fingerprint density at radius 2 is 1.75 bits per heavy atom. The summed E-state index contributed by atoms with van der Waals surface area (Å²) in [7, 11) is 0. The summed E-state index contributed by atoms with van der Waals surface area (Å²) in [6, 6.07) is 7.63. The van der Waals surface area contributed by atoms with Crippen molar-refractivity contribution in [3.8, 4) is 0 Å². The zero-order valence-electron chi connectivity index (χ0n) is 11.5. The number of nitrogens with one attached hydrogen (secondary N) is 1. The van der Waals surface area contributed by atoms with Gasteiger partial charge >= 0.3 is 5.97 Å². The monoisotopic (exact) mass is 273 g/mol. The predicted molar refractivity (Wildman–Crippen MR) is 77.4 cm³/mol. The molecule has 1 aromatic carbocycles. The molecule has 1 aliphatic carbocycles. The highest BCUT2D eigenvalue weighted by atomic mass is 16.4. The van der Waals surface area contributed by atoms with Crippen molar-refractivity contribution in [1.29, 1.82) is 0 Å². The SMILES string of the molecule is CCc1ccc(NC(=O)[C@H]2CC=CC[C@H]2C(=O)O)cc1. The van der Waals surface area contributed by atoms with Crippen LogP contribution in [0.2, 0.25) is 0 Å². The Morgan fingerprint density at radius 3 is 2.30 bits per heavy atom. The van der Waals surface area contributed by atoms with Gasteiger partial charge in [-0.1, -0.05) is 31.2 Å². The van der Waals surface area contributed by atoms with Crippen molar-refractivity contribution in [2.24, 2.45) is 11.8 Å². The smallest absolute Gasteiger partial charge is 0.307 e. The highest BCUT2D eigenvalue weighted by Gasteiger charge is 2.33. The highest BCUT2D eigenvalue weighted by molar-refractivity contribution is 5.95. The number of rotatable bonds is 4. The fraction of sp³-hybridized carbons (Fsp3) is 0.375. The number of aryl methyl sites for hydroxylation is 1. The topological polar surface area (TPSA) is 66.4 Å². The normalized spacial score (nSPS) is 21.4.